The van der Waals surface area contributed by atoms with Crippen molar-refractivity contribution in [3.8, 4) is 11.5 Å². The molecule has 0 atom stereocenters. The van der Waals surface area contributed by atoms with Gasteiger partial charge in [-0.3, -0.25) is 4.98 Å². The van der Waals surface area contributed by atoms with Gasteiger partial charge in [0.05, 0.1) is 0 Å². The smallest absolute Gasteiger partial charge is 0.149 e. The van der Waals surface area contributed by atoms with Crippen LogP contribution in [0.5, 0.6) is 11.5 Å². The molecule has 0 unspecified atom stereocenters. The molecule has 0 saturated heterocycles. The number of rotatable bonds is 2. The van der Waals surface area contributed by atoms with E-state index in [0.29, 0.717) is 10.8 Å². The quantitative estimate of drug-likeness (QED) is 0.808. The predicted molar refractivity (Wildman–Crippen MR) is 68.2 cm³/mol. The molecule has 82 valence electrons. The van der Waals surface area contributed by atoms with Crippen LogP contribution in [0, 0.1) is 6.92 Å². The van der Waals surface area contributed by atoms with Gasteiger partial charge in [-0.1, -0.05) is 27.5 Å². The van der Waals surface area contributed by atoms with E-state index in [-0.39, 0.29) is 0 Å². The maximum atomic E-state index is 5.96. The Balaban J connectivity index is 2.31. The van der Waals surface area contributed by atoms with E-state index in [1.807, 2.05) is 25.1 Å². The van der Waals surface area contributed by atoms with Crippen molar-refractivity contribution < 1.29 is 4.74 Å². The number of benzene rings is 1. The van der Waals surface area contributed by atoms with Gasteiger partial charge in [-0.15, -0.1) is 0 Å². The van der Waals surface area contributed by atoms with Crippen LogP contribution >= 0.6 is 27.5 Å². The lowest BCUT2D eigenvalue weighted by Gasteiger charge is -2.09. The van der Waals surface area contributed by atoms with Gasteiger partial charge in [0.15, 0.2) is 0 Å². The lowest BCUT2D eigenvalue weighted by molar-refractivity contribution is 0.478. The summed E-state index contributed by atoms with van der Waals surface area (Å²) in [6.45, 7) is 1.98. The minimum Gasteiger partial charge on any atom is -0.455 e. The van der Waals surface area contributed by atoms with Gasteiger partial charge in [0.2, 0.25) is 0 Å². The zero-order valence-electron chi connectivity index (χ0n) is 8.58. The minimum atomic E-state index is 0.504. The second-order valence-electron chi connectivity index (χ2n) is 3.32. The first-order valence-corrected chi connectivity index (χ1v) is 5.87. The molecular weight excluding hydrogens is 289 g/mol. The summed E-state index contributed by atoms with van der Waals surface area (Å²) in [5.74, 6) is 1.40. The summed E-state index contributed by atoms with van der Waals surface area (Å²) in [7, 11) is 0. The molecule has 2 aromatic rings. The summed E-state index contributed by atoms with van der Waals surface area (Å²) in [6, 6.07) is 7.56. The number of pyridine rings is 1. The summed E-state index contributed by atoms with van der Waals surface area (Å²) in [5, 5.41) is 0.504. The second kappa shape index (κ2) is 4.85. The maximum Gasteiger partial charge on any atom is 0.149 e. The Morgan fingerprint density at radius 1 is 1.25 bits per heavy atom. The Morgan fingerprint density at radius 3 is 2.75 bits per heavy atom. The van der Waals surface area contributed by atoms with E-state index in [4.69, 9.17) is 16.3 Å². The summed E-state index contributed by atoms with van der Waals surface area (Å²) in [5.41, 5.74) is 1.04. The Labute approximate surface area is 107 Å². The van der Waals surface area contributed by atoms with Gasteiger partial charge in [0.1, 0.15) is 16.5 Å². The van der Waals surface area contributed by atoms with Crippen LogP contribution in [0.2, 0.25) is 5.02 Å². The first-order valence-electron chi connectivity index (χ1n) is 4.70. The molecule has 1 aromatic heterocycles. The molecule has 2 rings (SSSR count). The van der Waals surface area contributed by atoms with Crippen molar-refractivity contribution >= 4 is 27.5 Å². The first kappa shape index (κ1) is 11.4. The van der Waals surface area contributed by atoms with E-state index in [1.54, 1.807) is 18.5 Å². The van der Waals surface area contributed by atoms with E-state index in [9.17, 15) is 0 Å². The highest BCUT2D eigenvalue weighted by atomic mass is 79.9. The highest BCUT2D eigenvalue weighted by Crippen LogP contribution is 2.31. The molecule has 0 radical (unpaired) electrons. The topological polar surface area (TPSA) is 22.1 Å². The van der Waals surface area contributed by atoms with Gasteiger partial charge in [-0.2, -0.15) is 0 Å². The van der Waals surface area contributed by atoms with Crippen molar-refractivity contribution in [2.24, 2.45) is 0 Å². The predicted octanol–water partition coefficient (Wildman–Crippen LogP) is 4.60. The molecule has 1 aromatic carbocycles. The van der Waals surface area contributed by atoms with Gasteiger partial charge in [0, 0.05) is 22.9 Å². The molecule has 0 bridgehead atoms. The maximum absolute atomic E-state index is 5.96. The number of aryl methyl sites for hydroxylation is 1. The van der Waals surface area contributed by atoms with Crippen molar-refractivity contribution in [2.45, 2.75) is 6.92 Å². The van der Waals surface area contributed by atoms with E-state index in [2.05, 4.69) is 20.9 Å². The summed E-state index contributed by atoms with van der Waals surface area (Å²) in [6.07, 6.45) is 3.21. The van der Waals surface area contributed by atoms with Gasteiger partial charge in [-0.25, -0.2) is 0 Å². The minimum absolute atomic E-state index is 0.504. The molecule has 0 spiro atoms. The number of halogens is 2. The standard InChI is InChI=1S/C12H9BrClNO/c1-8-6-9(13)2-3-11(8)16-12-4-5-15-7-10(12)14/h2-7H,1H3. The number of hydrogen-bond acceptors (Lipinski definition) is 2. The molecular formula is C12H9BrClNO. The van der Waals surface area contributed by atoms with Crippen LogP contribution in [0.25, 0.3) is 0 Å². The number of nitrogens with zero attached hydrogens (tertiary/aromatic N) is 1. The van der Waals surface area contributed by atoms with Crippen molar-refractivity contribution in [1.82, 2.24) is 4.98 Å². The van der Waals surface area contributed by atoms with Crippen LogP contribution in [0.3, 0.4) is 0 Å². The Hall–Kier alpha value is -1.06. The Kier molecular flexibility index (Phi) is 3.46. The summed E-state index contributed by atoms with van der Waals surface area (Å²) >= 11 is 9.37. The van der Waals surface area contributed by atoms with Crippen LogP contribution in [0.15, 0.2) is 41.1 Å². The Bertz CT molecular complexity index is 516. The van der Waals surface area contributed by atoms with Crippen LogP contribution in [0.4, 0.5) is 0 Å². The van der Waals surface area contributed by atoms with Crippen LogP contribution < -0.4 is 4.74 Å². The van der Waals surface area contributed by atoms with Crippen LogP contribution in [-0.2, 0) is 0 Å². The highest BCUT2D eigenvalue weighted by Gasteiger charge is 2.05. The lowest BCUT2D eigenvalue weighted by atomic mass is 10.2. The SMILES string of the molecule is Cc1cc(Br)ccc1Oc1ccncc1Cl. The fourth-order valence-corrected chi connectivity index (χ4v) is 1.92. The molecule has 0 saturated carbocycles. The molecule has 0 aliphatic heterocycles. The van der Waals surface area contributed by atoms with Gasteiger partial charge in [-0.05, 0) is 30.7 Å². The fraction of sp³-hybridized carbons (Fsp3) is 0.0833. The zero-order chi connectivity index (χ0) is 11.5. The van der Waals surface area contributed by atoms with Crippen molar-refractivity contribution in [3.05, 3.63) is 51.7 Å². The summed E-state index contributed by atoms with van der Waals surface area (Å²) < 4.78 is 6.73. The largest absolute Gasteiger partial charge is 0.455 e. The average Bonchev–Trinajstić information content (AvgIpc) is 2.25. The van der Waals surface area contributed by atoms with E-state index in [1.165, 1.54) is 0 Å². The summed E-state index contributed by atoms with van der Waals surface area (Å²) in [4.78, 5) is 3.90. The third-order valence-electron chi connectivity index (χ3n) is 2.09. The van der Waals surface area contributed by atoms with Gasteiger partial charge < -0.3 is 4.74 Å². The Morgan fingerprint density at radius 2 is 2.06 bits per heavy atom. The molecule has 0 N–H and O–H groups in total. The third-order valence-corrected chi connectivity index (χ3v) is 2.87. The molecule has 0 fully saturated rings. The van der Waals surface area contributed by atoms with Crippen molar-refractivity contribution in [3.63, 3.8) is 0 Å². The van der Waals surface area contributed by atoms with Crippen molar-refractivity contribution in [2.75, 3.05) is 0 Å². The molecule has 4 heteroatoms. The van der Waals surface area contributed by atoms with Crippen LogP contribution in [-0.4, -0.2) is 4.98 Å². The highest BCUT2D eigenvalue weighted by molar-refractivity contribution is 9.10. The molecule has 16 heavy (non-hydrogen) atoms. The zero-order valence-corrected chi connectivity index (χ0v) is 10.9. The molecule has 0 aliphatic rings. The second-order valence-corrected chi connectivity index (χ2v) is 4.64. The number of ether oxygens (including phenoxy) is 1. The first-order chi connectivity index (χ1) is 7.66. The molecule has 2 nitrogen and oxygen atoms in total. The third kappa shape index (κ3) is 2.54. The van der Waals surface area contributed by atoms with E-state index >= 15 is 0 Å². The molecule has 0 amide bonds. The van der Waals surface area contributed by atoms with Gasteiger partial charge in [0.25, 0.3) is 0 Å². The number of hydrogen-bond donors (Lipinski definition) is 0. The van der Waals surface area contributed by atoms with Gasteiger partial charge >= 0.3 is 0 Å². The van der Waals surface area contributed by atoms with Crippen LogP contribution in [0.1, 0.15) is 5.56 Å². The van der Waals surface area contributed by atoms with E-state index < -0.39 is 0 Å². The average molecular weight is 299 g/mol. The van der Waals surface area contributed by atoms with Crippen molar-refractivity contribution in [1.29, 1.82) is 0 Å². The number of aromatic nitrogens is 1. The molecule has 1 heterocycles. The normalized spacial score (nSPS) is 10.2. The molecule has 0 aliphatic carbocycles. The monoisotopic (exact) mass is 297 g/mol. The van der Waals surface area contributed by atoms with E-state index in [0.717, 1.165) is 15.8 Å². The lowest BCUT2D eigenvalue weighted by Crippen LogP contribution is -1.88. The fourth-order valence-electron chi connectivity index (χ4n) is 1.29.